The predicted molar refractivity (Wildman–Crippen MR) is 82.9 cm³/mol. The van der Waals surface area contributed by atoms with E-state index in [4.69, 9.17) is 4.42 Å². The summed E-state index contributed by atoms with van der Waals surface area (Å²) in [7, 11) is 0. The van der Waals surface area contributed by atoms with Crippen LogP contribution in [0.25, 0.3) is 0 Å². The van der Waals surface area contributed by atoms with E-state index >= 15 is 0 Å². The zero-order valence-corrected chi connectivity index (χ0v) is 12.9. The quantitative estimate of drug-likeness (QED) is 0.938. The van der Waals surface area contributed by atoms with Gasteiger partial charge in [-0.3, -0.25) is 4.79 Å². The van der Waals surface area contributed by atoms with Crippen molar-refractivity contribution >= 4 is 17.7 Å². The highest BCUT2D eigenvalue weighted by atomic mass is 32.2. The Bertz CT molecular complexity index is 657. The van der Waals surface area contributed by atoms with Gasteiger partial charge in [0.1, 0.15) is 0 Å². The summed E-state index contributed by atoms with van der Waals surface area (Å²) in [6, 6.07) is 7.91. The Balaban J connectivity index is 1.38. The molecule has 114 valence electrons. The minimum absolute atomic E-state index is 0.0231. The normalized spacial score (nSPS) is 26.3. The van der Waals surface area contributed by atoms with Crippen LogP contribution in [0, 0.1) is 5.92 Å². The molecule has 2 aliphatic heterocycles. The van der Waals surface area contributed by atoms with E-state index in [1.165, 1.54) is 31.1 Å². The van der Waals surface area contributed by atoms with Crippen LogP contribution >= 0.6 is 11.8 Å². The van der Waals surface area contributed by atoms with Crippen molar-refractivity contribution in [1.82, 2.24) is 15.2 Å². The first-order valence-corrected chi connectivity index (χ1v) is 8.29. The molecule has 2 aromatic rings. The van der Waals surface area contributed by atoms with Crippen molar-refractivity contribution in [2.24, 2.45) is 5.92 Å². The van der Waals surface area contributed by atoms with Gasteiger partial charge in [-0.1, -0.05) is 11.8 Å². The molecule has 4 rings (SSSR count). The number of rotatable bonds is 4. The van der Waals surface area contributed by atoms with E-state index in [9.17, 15) is 4.79 Å². The van der Waals surface area contributed by atoms with E-state index in [1.54, 1.807) is 6.20 Å². The fraction of sp³-hybridized carbons (Fsp3) is 0.375. The molecule has 22 heavy (non-hydrogen) atoms. The number of hydrogen-bond donors (Lipinski definition) is 1. The number of oxazole rings is 1. The molecule has 2 aliphatic rings. The van der Waals surface area contributed by atoms with Gasteiger partial charge in [0.05, 0.1) is 6.20 Å². The summed E-state index contributed by atoms with van der Waals surface area (Å²) >= 11 is 1.49. The molecule has 5 nitrogen and oxygen atoms in total. The van der Waals surface area contributed by atoms with Crippen molar-refractivity contribution in [2.45, 2.75) is 22.5 Å². The molecule has 1 aromatic carbocycles. The molecule has 2 fully saturated rings. The molecule has 0 aliphatic carbocycles. The summed E-state index contributed by atoms with van der Waals surface area (Å²) in [5.74, 6) is 0.653. The van der Waals surface area contributed by atoms with Crippen molar-refractivity contribution in [2.75, 3.05) is 19.6 Å². The first kappa shape index (κ1) is 13.8. The molecule has 0 spiro atoms. The molecule has 2 bridgehead atoms. The lowest BCUT2D eigenvalue weighted by Crippen LogP contribution is -2.43. The third kappa shape index (κ3) is 2.76. The summed E-state index contributed by atoms with van der Waals surface area (Å²) in [5.41, 5.74) is 0.708. The minimum atomic E-state index is 0.0231. The first-order chi connectivity index (χ1) is 10.8. The first-order valence-electron chi connectivity index (χ1n) is 7.47. The van der Waals surface area contributed by atoms with Crippen LogP contribution in [0.3, 0.4) is 0 Å². The molecule has 3 heterocycles. The summed E-state index contributed by atoms with van der Waals surface area (Å²) in [5, 5.41) is 3.92. The molecule has 2 saturated heterocycles. The Labute approximate surface area is 133 Å². The predicted octanol–water partition coefficient (Wildman–Crippen LogP) is 2.26. The van der Waals surface area contributed by atoms with Crippen LogP contribution < -0.4 is 5.32 Å². The van der Waals surface area contributed by atoms with E-state index in [-0.39, 0.29) is 5.91 Å². The van der Waals surface area contributed by atoms with E-state index in [1.807, 2.05) is 24.3 Å². The lowest BCUT2D eigenvalue weighted by Gasteiger charge is -2.23. The average Bonchev–Trinajstić information content (AvgIpc) is 3.25. The largest absolute Gasteiger partial charge is 0.437 e. The molecule has 0 saturated carbocycles. The van der Waals surface area contributed by atoms with Gasteiger partial charge in [-0.2, -0.15) is 0 Å². The van der Waals surface area contributed by atoms with Crippen molar-refractivity contribution in [3.8, 4) is 0 Å². The maximum atomic E-state index is 12.3. The molecule has 2 unspecified atom stereocenters. The third-order valence-corrected chi connectivity index (χ3v) is 5.30. The molecule has 1 N–H and O–H groups in total. The van der Waals surface area contributed by atoms with Gasteiger partial charge in [0, 0.05) is 29.6 Å². The van der Waals surface area contributed by atoms with Gasteiger partial charge in [-0.15, -0.1) is 0 Å². The number of benzene rings is 1. The number of carbonyl (C=O) groups excluding carboxylic acids is 1. The van der Waals surface area contributed by atoms with Crippen LogP contribution in [0.15, 0.2) is 51.3 Å². The monoisotopic (exact) mass is 315 g/mol. The van der Waals surface area contributed by atoms with Gasteiger partial charge in [0.25, 0.3) is 5.91 Å². The number of fused-ring (bicyclic) bond motifs is 2. The highest BCUT2D eigenvalue weighted by Crippen LogP contribution is 2.29. The zero-order chi connectivity index (χ0) is 14.9. The Hall–Kier alpha value is -1.79. The molecular weight excluding hydrogens is 298 g/mol. The number of amides is 1. The molecule has 6 heteroatoms. The van der Waals surface area contributed by atoms with Crippen LogP contribution in [-0.2, 0) is 0 Å². The maximum absolute atomic E-state index is 12.3. The van der Waals surface area contributed by atoms with Crippen molar-refractivity contribution in [3.05, 3.63) is 42.4 Å². The van der Waals surface area contributed by atoms with Gasteiger partial charge in [0.15, 0.2) is 11.5 Å². The Kier molecular flexibility index (Phi) is 3.63. The Morgan fingerprint density at radius 3 is 2.82 bits per heavy atom. The Morgan fingerprint density at radius 1 is 1.32 bits per heavy atom. The maximum Gasteiger partial charge on any atom is 0.251 e. The fourth-order valence-corrected chi connectivity index (χ4v) is 3.95. The van der Waals surface area contributed by atoms with Crippen molar-refractivity contribution < 1.29 is 9.21 Å². The van der Waals surface area contributed by atoms with Gasteiger partial charge in [0.2, 0.25) is 0 Å². The van der Waals surface area contributed by atoms with E-state index in [2.05, 4.69) is 15.2 Å². The average molecular weight is 315 g/mol. The molecular formula is C16H17N3O2S. The van der Waals surface area contributed by atoms with Crippen LogP contribution in [0.5, 0.6) is 0 Å². The second kappa shape index (κ2) is 5.78. The van der Waals surface area contributed by atoms with Crippen LogP contribution in [0.1, 0.15) is 16.8 Å². The van der Waals surface area contributed by atoms with E-state index in [0.717, 1.165) is 23.1 Å². The highest BCUT2D eigenvalue weighted by molar-refractivity contribution is 7.99. The second-order valence-electron chi connectivity index (χ2n) is 5.84. The molecule has 0 radical (unpaired) electrons. The fourth-order valence-electron chi connectivity index (χ4n) is 3.24. The highest BCUT2D eigenvalue weighted by Gasteiger charge is 2.38. The SMILES string of the molecule is O=C(NC1CN2CC[C@H]1C2)c1ccc(Sc2cnco2)cc1. The summed E-state index contributed by atoms with van der Waals surface area (Å²) in [6.07, 6.45) is 4.29. The topological polar surface area (TPSA) is 58.4 Å². The number of hydrogen-bond acceptors (Lipinski definition) is 5. The van der Waals surface area contributed by atoms with E-state index in [0.29, 0.717) is 17.5 Å². The summed E-state index contributed by atoms with van der Waals surface area (Å²) < 4.78 is 5.20. The number of nitrogens with zero attached hydrogens (tertiary/aromatic N) is 2. The minimum Gasteiger partial charge on any atom is -0.437 e. The third-order valence-electron chi connectivity index (χ3n) is 4.39. The van der Waals surface area contributed by atoms with Crippen LogP contribution in [-0.4, -0.2) is 41.5 Å². The standard InChI is InChI=1S/C16H17N3O2S/c20-16(18-14-9-19-6-5-12(14)8-19)11-1-3-13(4-2-11)22-15-7-17-10-21-15/h1-4,7,10,12,14H,5-6,8-9H2,(H,18,20)/t12-,14?/m0/s1. The number of nitrogens with one attached hydrogen (secondary N) is 1. The van der Waals surface area contributed by atoms with Gasteiger partial charge < -0.3 is 14.6 Å². The van der Waals surface area contributed by atoms with Gasteiger partial charge in [-0.25, -0.2) is 4.98 Å². The van der Waals surface area contributed by atoms with Crippen LogP contribution in [0.2, 0.25) is 0 Å². The second-order valence-corrected chi connectivity index (χ2v) is 6.91. The summed E-state index contributed by atoms with van der Waals surface area (Å²) in [6.45, 7) is 3.32. The molecule has 1 aromatic heterocycles. The van der Waals surface area contributed by atoms with Gasteiger partial charge in [-0.05, 0) is 43.1 Å². The lowest BCUT2D eigenvalue weighted by molar-refractivity contribution is 0.0924. The van der Waals surface area contributed by atoms with Crippen molar-refractivity contribution in [3.63, 3.8) is 0 Å². The van der Waals surface area contributed by atoms with Gasteiger partial charge >= 0.3 is 0 Å². The van der Waals surface area contributed by atoms with Crippen LogP contribution in [0.4, 0.5) is 0 Å². The smallest absolute Gasteiger partial charge is 0.251 e. The summed E-state index contributed by atoms with van der Waals surface area (Å²) in [4.78, 5) is 19.7. The van der Waals surface area contributed by atoms with Crippen molar-refractivity contribution in [1.29, 1.82) is 0 Å². The van der Waals surface area contributed by atoms with E-state index < -0.39 is 0 Å². The number of carbonyl (C=O) groups is 1. The molecule has 1 amide bonds. The Morgan fingerprint density at radius 2 is 2.18 bits per heavy atom. The molecule has 3 atom stereocenters. The lowest BCUT2D eigenvalue weighted by atomic mass is 9.99. The number of piperidine rings is 1. The number of aromatic nitrogens is 1. The zero-order valence-electron chi connectivity index (χ0n) is 12.1.